The number of carbonyl (C=O) groups is 2. The van der Waals surface area contributed by atoms with Gasteiger partial charge in [-0.25, -0.2) is 9.59 Å². The van der Waals surface area contributed by atoms with Gasteiger partial charge in [0.05, 0.1) is 6.61 Å². The molecule has 1 atom stereocenters. The highest BCUT2D eigenvalue weighted by Crippen LogP contribution is 2.15. The third-order valence-electron chi connectivity index (χ3n) is 2.43. The molecular weight excluding hydrogens is 250 g/mol. The first-order valence-electron chi connectivity index (χ1n) is 5.62. The van der Waals surface area contributed by atoms with Gasteiger partial charge in [0.15, 0.2) is 6.04 Å². The summed E-state index contributed by atoms with van der Waals surface area (Å²) in [6.45, 7) is -0.664. The van der Waals surface area contributed by atoms with Crippen LogP contribution in [0.2, 0.25) is 0 Å². The van der Waals surface area contributed by atoms with Crippen molar-refractivity contribution in [2.45, 2.75) is 6.04 Å². The van der Waals surface area contributed by atoms with Crippen molar-refractivity contribution in [1.82, 2.24) is 5.32 Å². The Morgan fingerprint density at radius 1 is 1.26 bits per heavy atom. The number of aliphatic hydroxyl groups is 1. The Morgan fingerprint density at radius 2 is 1.84 bits per heavy atom. The summed E-state index contributed by atoms with van der Waals surface area (Å²) in [6.07, 6.45) is 0. The van der Waals surface area contributed by atoms with Crippen molar-refractivity contribution in [3.63, 3.8) is 0 Å². The van der Waals surface area contributed by atoms with E-state index >= 15 is 0 Å². The molecule has 7 nitrogen and oxygen atoms in total. The predicted octanol–water partition coefficient (Wildman–Crippen LogP) is 0.320. The molecule has 1 aromatic rings. The molecule has 7 heteroatoms. The molecule has 0 spiro atoms. The second kappa shape index (κ2) is 6.60. The average Bonchev–Trinajstić information content (AvgIpc) is 2.36. The van der Waals surface area contributed by atoms with Crippen LogP contribution in [-0.2, 0) is 4.79 Å². The summed E-state index contributed by atoms with van der Waals surface area (Å²) in [7, 11) is 3.79. The van der Waals surface area contributed by atoms with Gasteiger partial charge in [-0.1, -0.05) is 0 Å². The number of benzene rings is 1. The number of aliphatic carboxylic acids is 1. The van der Waals surface area contributed by atoms with Gasteiger partial charge in [-0.05, 0) is 24.3 Å². The van der Waals surface area contributed by atoms with Crippen LogP contribution in [0, 0.1) is 0 Å². The summed E-state index contributed by atoms with van der Waals surface area (Å²) >= 11 is 0. The lowest BCUT2D eigenvalue weighted by Crippen LogP contribution is -2.45. The van der Waals surface area contributed by atoms with Crippen LogP contribution >= 0.6 is 0 Å². The van der Waals surface area contributed by atoms with E-state index in [-0.39, 0.29) is 0 Å². The number of carboxylic acid groups (broad SMARTS) is 1. The topological polar surface area (TPSA) is 102 Å². The van der Waals surface area contributed by atoms with E-state index < -0.39 is 24.6 Å². The van der Waals surface area contributed by atoms with Crippen LogP contribution in [0.1, 0.15) is 0 Å². The maximum Gasteiger partial charge on any atom is 0.328 e. The number of hydrogen-bond donors (Lipinski definition) is 4. The van der Waals surface area contributed by atoms with Crippen LogP contribution in [-0.4, -0.2) is 49.0 Å². The van der Waals surface area contributed by atoms with Gasteiger partial charge in [-0.2, -0.15) is 0 Å². The molecule has 2 amide bonds. The fraction of sp³-hybridized carbons (Fsp3) is 0.333. The third kappa shape index (κ3) is 4.47. The molecule has 1 aromatic carbocycles. The van der Waals surface area contributed by atoms with E-state index in [1.165, 1.54) is 0 Å². The summed E-state index contributed by atoms with van der Waals surface area (Å²) in [6, 6.07) is 5.03. The van der Waals surface area contributed by atoms with Crippen LogP contribution in [0.3, 0.4) is 0 Å². The maximum absolute atomic E-state index is 11.5. The first kappa shape index (κ1) is 14.8. The summed E-state index contributed by atoms with van der Waals surface area (Å²) in [5.41, 5.74) is 1.51. The van der Waals surface area contributed by atoms with E-state index in [1.54, 1.807) is 12.1 Å². The number of nitrogens with one attached hydrogen (secondary N) is 2. The van der Waals surface area contributed by atoms with E-state index in [1.807, 2.05) is 31.1 Å². The molecule has 0 aliphatic carbocycles. The second-order valence-electron chi connectivity index (χ2n) is 4.11. The Morgan fingerprint density at radius 3 is 2.26 bits per heavy atom. The third-order valence-corrected chi connectivity index (χ3v) is 2.43. The lowest BCUT2D eigenvalue weighted by atomic mass is 10.2. The van der Waals surface area contributed by atoms with E-state index in [4.69, 9.17) is 10.2 Å². The van der Waals surface area contributed by atoms with Gasteiger partial charge in [0.25, 0.3) is 0 Å². The lowest BCUT2D eigenvalue weighted by molar-refractivity contribution is -0.140. The lowest BCUT2D eigenvalue weighted by Gasteiger charge is -2.14. The first-order valence-corrected chi connectivity index (χ1v) is 5.62. The van der Waals surface area contributed by atoms with E-state index in [9.17, 15) is 9.59 Å². The highest BCUT2D eigenvalue weighted by molar-refractivity contribution is 5.92. The van der Waals surface area contributed by atoms with Crippen molar-refractivity contribution in [1.29, 1.82) is 0 Å². The molecular formula is C12H17N3O4. The Kier molecular flexibility index (Phi) is 5.13. The van der Waals surface area contributed by atoms with Gasteiger partial charge in [-0.15, -0.1) is 0 Å². The van der Waals surface area contributed by atoms with E-state index in [0.717, 1.165) is 5.69 Å². The molecule has 0 radical (unpaired) electrons. The Hall–Kier alpha value is -2.28. The normalized spacial score (nSPS) is 11.5. The van der Waals surface area contributed by atoms with Gasteiger partial charge in [0.1, 0.15) is 0 Å². The fourth-order valence-electron chi connectivity index (χ4n) is 1.35. The molecule has 0 fully saturated rings. The molecule has 1 rings (SSSR count). The molecule has 0 heterocycles. The van der Waals surface area contributed by atoms with Crippen molar-refractivity contribution in [2.75, 3.05) is 30.9 Å². The monoisotopic (exact) mass is 267 g/mol. The highest BCUT2D eigenvalue weighted by Gasteiger charge is 2.18. The van der Waals surface area contributed by atoms with Crippen molar-refractivity contribution >= 4 is 23.4 Å². The highest BCUT2D eigenvalue weighted by atomic mass is 16.4. The Labute approximate surface area is 110 Å². The summed E-state index contributed by atoms with van der Waals surface area (Å²) in [5.74, 6) is -1.29. The van der Waals surface area contributed by atoms with Crippen molar-refractivity contribution in [2.24, 2.45) is 0 Å². The minimum absolute atomic E-state index is 0.533. The molecule has 0 aromatic heterocycles. The molecule has 0 bridgehead atoms. The zero-order valence-electron chi connectivity index (χ0n) is 10.8. The standard InChI is InChI=1S/C12H17N3O4/c1-15(2)9-5-3-8(4-6-9)13-12(19)14-10(7-16)11(17)18/h3-6,10,16H,7H2,1-2H3,(H,17,18)(H2,13,14,19)/t10-/m1/s1. The SMILES string of the molecule is CN(C)c1ccc(NC(=O)N[C@H](CO)C(=O)O)cc1. The molecule has 0 saturated heterocycles. The van der Waals surface area contributed by atoms with Crippen molar-refractivity contribution < 1.29 is 19.8 Å². The molecule has 0 aliphatic heterocycles. The van der Waals surface area contributed by atoms with Crippen LogP contribution < -0.4 is 15.5 Å². The number of carboxylic acids is 1. The number of rotatable bonds is 5. The predicted molar refractivity (Wildman–Crippen MR) is 71.4 cm³/mol. The number of amides is 2. The molecule has 4 N–H and O–H groups in total. The number of anilines is 2. The average molecular weight is 267 g/mol. The summed E-state index contributed by atoms with van der Waals surface area (Å²) < 4.78 is 0. The van der Waals surface area contributed by atoms with Gasteiger partial charge in [0.2, 0.25) is 0 Å². The number of hydrogen-bond acceptors (Lipinski definition) is 4. The minimum Gasteiger partial charge on any atom is -0.480 e. The van der Waals surface area contributed by atoms with Gasteiger partial charge in [-0.3, -0.25) is 0 Å². The smallest absolute Gasteiger partial charge is 0.328 e. The fourth-order valence-corrected chi connectivity index (χ4v) is 1.35. The number of nitrogens with zero attached hydrogens (tertiary/aromatic N) is 1. The Balaban J connectivity index is 2.59. The van der Waals surface area contributed by atoms with Gasteiger partial charge < -0.3 is 25.7 Å². The quantitative estimate of drug-likeness (QED) is 0.615. The largest absolute Gasteiger partial charge is 0.480 e. The zero-order chi connectivity index (χ0) is 14.4. The minimum atomic E-state index is -1.32. The van der Waals surface area contributed by atoms with Gasteiger partial charge in [0, 0.05) is 25.5 Å². The molecule has 104 valence electrons. The molecule has 0 aliphatic rings. The van der Waals surface area contributed by atoms with Gasteiger partial charge >= 0.3 is 12.0 Å². The van der Waals surface area contributed by atoms with Crippen LogP contribution in [0.15, 0.2) is 24.3 Å². The maximum atomic E-state index is 11.5. The zero-order valence-corrected chi connectivity index (χ0v) is 10.8. The molecule has 0 saturated carbocycles. The summed E-state index contributed by atoms with van der Waals surface area (Å²) in [4.78, 5) is 24.0. The van der Waals surface area contributed by atoms with Crippen LogP contribution in [0.5, 0.6) is 0 Å². The number of carbonyl (C=O) groups excluding carboxylic acids is 1. The molecule has 19 heavy (non-hydrogen) atoms. The van der Waals surface area contributed by atoms with E-state index in [0.29, 0.717) is 5.69 Å². The first-order chi connectivity index (χ1) is 8.93. The van der Waals surface area contributed by atoms with Crippen molar-refractivity contribution in [3.8, 4) is 0 Å². The summed E-state index contributed by atoms with van der Waals surface area (Å²) in [5, 5.41) is 22.1. The van der Waals surface area contributed by atoms with Crippen molar-refractivity contribution in [3.05, 3.63) is 24.3 Å². The molecule has 0 unspecified atom stereocenters. The number of aliphatic hydroxyl groups excluding tert-OH is 1. The van der Waals surface area contributed by atoms with Crippen LogP contribution in [0.25, 0.3) is 0 Å². The Bertz CT molecular complexity index is 445. The van der Waals surface area contributed by atoms with E-state index in [2.05, 4.69) is 10.6 Å². The number of urea groups is 1. The van der Waals surface area contributed by atoms with Crippen LogP contribution in [0.4, 0.5) is 16.2 Å². The second-order valence-corrected chi connectivity index (χ2v) is 4.11.